The first-order chi connectivity index (χ1) is 7.36. The van der Waals surface area contributed by atoms with Crippen molar-refractivity contribution in [2.24, 2.45) is 5.73 Å². The van der Waals surface area contributed by atoms with Gasteiger partial charge in [-0.3, -0.25) is 0 Å². The zero-order chi connectivity index (χ0) is 10.7. The third-order valence-electron chi connectivity index (χ3n) is 2.87. The summed E-state index contributed by atoms with van der Waals surface area (Å²) in [4.78, 5) is 4.66. The first-order valence-corrected chi connectivity index (χ1v) is 5.89. The van der Waals surface area contributed by atoms with Crippen LogP contribution in [-0.4, -0.2) is 22.6 Å². The van der Waals surface area contributed by atoms with Gasteiger partial charge in [0.25, 0.3) is 0 Å². The average Bonchev–Trinajstić information content (AvgIpc) is 2.59. The second-order valence-corrected chi connectivity index (χ2v) is 4.05. The highest BCUT2D eigenvalue weighted by atomic mass is 15.2. The number of imidazole rings is 1. The van der Waals surface area contributed by atoms with Crippen molar-refractivity contribution in [3.63, 3.8) is 0 Å². The van der Waals surface area contributed by atoms with Crippen LogP contribution in [-0.2, 0) is 19.4 Å². The lowest BCUT2D eigenvalue weighted by atomic mass is 10.1. The molecule has 1 aliphatic heterocycles. The lowest BCUT2D eigenvalue weighted by molar-refractivity contribution is 0.601. The normalized spacial score (nSPS) is 14.8. The van der Waals surface area contributed by atoms with Crippen LogP contribution in [0, 0.1) is 0 Å². The molecular formula is C11H20N4. The van der Waals surface area contributed by atoms with Crippen LogP contribution in [0.3, 0.4) is 0 Å². The second kappa shape index (κ2) is 4.66. The predicted molar refractivity (Wildman–Crippen MR) is 62.1 cm³/mol. The highest BCUT2D eigenvalue weighted by molar-refractivity contribution is 5.36. The number of aryl methyl sites for hydroxylation is 1. The van der Waals surface area contributed by atoms with Crippen molar-refractivity contribution in [2.75, 3.05) is 18.4 Å². The van der Waals surface area contributed by atoms with E-state index in [1.165, 1.54) is 17.8 Å². The zero-order valence-electron chi connectivity index (χ0n) is 9.42. The summed E-state index contributed by atoms with van der Waals surface area (Å²) in [5, 5.41) is 3.35. The van der Waals surface area contributed by atoms with Crippen molar-refractivity contribution < 1.29 is 0 Å². The van der Waals surface area contributed by atoms with Gasteiger partial charge in [-0.15, -0.1) is 0 Å². The first-order valence-electron chi connectivity index (χ1n) is 5.89. The molecule has 0 aliphatic carbocycles. The first kappa shape index (κ1) is 10.5. The summed E-state index contributed by atoms with van der Waals surface area (Å²) in [7, 11) is 0. The maximum absolute atomic E-state index is 5.66. The van der Waals surface area contributed by atoms with E-state index in [-0.39, 0.29) is 0 Å². The zero-order valence-corrected chi connectivity index (χ0v) is 9.42. The van der Waals surface area contributed by atoms with Crippen molar-refractivity contribution in [1.82, 2.24) is 9.55 Å². The number of nitrogens with zero attached hydrogens (tertiary/aromatic N) is 2. The monoisotopic (exact) mass is 208 g/mol. The Morgan fingerprint density at radius 1 is 1.47 bits per heavy atom. The average molecular weight is 208 g/mol. The van der Waals surface area contributed by atoms with Gasteiger partial charge in [0.15, 0.2) is 0 Å². The standard InChI is InChI=1S/C11H20N4/c1-2-4-9-10(5-6-12)15-8-3-7-13-11(15)14-9/h2-8,12H2,1H3,(H,13,14). The van der Waals surface area contributed by atoms with Crippen LogP contribution >= 0.6 is 0 Å². The van der Waals surface area contributed by atoms with Crippen molar-refractivity contribution in [3.05, 3.63) is 11.4 Å². The molecule has 4 nitrogen and oxygen atoms in total. The van der Waals surface area contributed by atoms with E-state index in [0.29, 0.717) is 6.54 Å². The minimum absolute atomic E-state index is 0.710. The molecule has 0 unspecified atom stereocenters. The number of hydrogen-bond acceptors (Lipinski definition) is 3. The molecule has 1 aromatic heterocycles. The minimum atomic E-state index is 0.710. The summed E-state index contributed by atoms with van der Waals surface area (Å²) in [6, 6.07) is 0. The molecule has 2 heterocycles. The number of anilines is 1. The Balaban J connectivity index is 2.32. The smallest absolute Gasteiger partial charge is 0.203 e. The van der Waals surface area contributed by atoms with Crippen LogP contribution in [0.4, 0.5) is 5.95 Å². The highest BCUT2D eigenvalue weighted by Crippen LogP contribution is 2.21. The van der Waals surface area contributed by atoms with Gasteiger partial charge in [-0.1, -0.05) is 13.3 Å². The van der Waals surface area contributed by atoms with Crippen LogP contribution in [0.15, 0.2) is 0 Å². The van der Waals surface area contributed by atoms with Gasteiger partial charge in [0.1, 0.15) is 0 Å². The number of nitrogens with one attached hydrogen (secondary N) is 1. The summed E-state index contributed by atoms with van der Waals surface area (Å²) in [6.07, 6.45) is 4.35. The van der Waals surface area contributed by atoms with E-state index >= 15 is 0 Å². The lowest BCUT2D eigenvalue weighted by Gasteiger charge is -2.17. The van der Waals surface area contributed by atoms with Gasteiger partial charge in [0.05, 0.1) is 5.69 Å². The van der Waals surface area contributed by atoms with Crippen LogP contribution in [0.25, 0.3) is 0 Å². The molecule has 2 rings (SSSR count). The second-order valence-electron chi connectivity index (χ2n) is 4.05. The molecule has 0 fully saturated rings. The fourth-order valence-electron chi connectivity index (χ4n) is 2.20. The quantitative estimate of drug-likeness (QED) is 0.780. The van der Waals surface area contributed by atoms with Crippen molar-refractivity contribution in [2.45, 2.75) is 39.2 Å². The molecule has 0 atom stereocenters. The van der Waals surface area contributed by atoms with Crippen molar-refractivity contribution >= 4 is 5.95 Å². The van der Waals surface area contributed by atoms with E-state index in [1.54, 1.807) is 0 Å². The van der Waals surface area contributed by atoms with Gasteiger partial charge in [0.2, 0.25) is 5.95 Å². The molecule has 15 heavy (non-hydrogen) atoms. The molecule has 0 amide bonds. The molecule has 1 aromatic rings. The van der Waals surface area contributed by atoms with Gasteiger partial charge in [0, 0.05) is 25.2 Å². The summed E-state index contributed by atoms with van der Waals surface area (Å²) < 4.78 is 2.31. The molecule has 0 radical (unpaired) electrons. The fraction of sp³-hybridized carbons (Fsp3) is 0.727. The molecule has 1 aliphatic rings. The van der Waals surface area contributed by atoms with E-state index in [0.717, 1.165) is 38.3 Å². The molecule has 0 bridgehead atoms. The van der Waals surface area contributed by atoms with Gasteiger partial charge in [-0.05, 0) is 19.4 Å². The topological polar surface area (TPSA) is 55.9 Å². The lowest BCUT2D eigenvalue weighted by Crippen LogP contribution is -2.19. The molecule has 3 N–H and O–H groups in total. The van der Waals surface area contributed by atoms with Crippen molar-refractivity contribution in [1.29, 1.82) is 0 Å². The van der Waals surface area contributed by atoms with Gasteiger partial charge < -0.3 is 15.6 Å². The predicted octanol–water partition coefficient (Wildman–Crippen LogP) is 1.15. The van der Waals surface area contributed by atoms with Gasteiger partial charge in [-0.25, -0.2) is 4.98 Å². The Morgan fingerprint density at radius 3 is 3.07 bits per heavy atom. The molecule has 0 saturated heterocycles. The van der Waals surface area contributed by atoms with Crippen LogP contribution in [0.2, 0.25) is 0 Å². The third-order valence-corrected chi connectivity index (χ3v) is 2.87. The molecule has 0 saturated carbocycles. The summed E-state index contributed by atoms with van der Waals surface area (Å²) in [6.45, 7) is 5.04. The number of rotatable bonds is 4. The maximum Gasteiger partial charge on any atom is 0.203 e. The summed E-state index contributed by atoms with van der Waals surface area (Å²) >= 11 is 0. The Labute approximate surface area is 90.9 Å². The van der Waals surface area contributed by atoms with Crippen LogP contribution in [0.1, 0.15) is 31.2 Å². The van der Waals surface area contributed by atoms with Gasteiger partial charge in [-0.2, -0.15) is 0 Å². The van der Waals surface area contributed by atoms with E-state index in [1.807, 2.05) is 0 Å². The van der Waals surface area contributed by atoms with Gasteiger partial charge >= 0.3 is 0 Å². The Morgan fingerprint density at radius 2 is 2.33 bits per heavy atom. The Kier molecular flexibility index (Phi) is 3.26. The SMILES string of the molecule is CCCc1nc2n(c1CCN)CCCN2. The Hall–Kier alpha value is -1.03. The highest BCUT2D eigenvalue weighted by Gasteiger charge is 2.17. The molecular weight excluding hydrogens is 188 g/mol. The van der Waals surface area contributed by atoms with E-state index in [9.17, 15) is 0 Å². The largest absolute Gasteiger partial charge is 0.356 e. The number of nitrogens with two attached hydrogens (primary N) is 1. The van der Waals surface area contributed by atoms with E-state index in [4.69, 9.17) is 5.73 Å². The fourth-order valence-corrected chi connectivity index (χ4v) is 2.20. The van der Waals surface area contributed by atoms with Crippen molar-refractivity contribution in [3.8, 4) is 0 Å². The maximum atomic E-state index is 5.66. The van der Waals surface area contributed by atoms with E-state index < -0.39 is 0 Å². The number of aromatic nitrogens is 2. The number of fused-ring (bicyclic) bond motifs is 1. The minimum Gasteiger partial charge on any atom is -0.356 e. The third kappa shape index (κ3) is 2.00. The van der Waals surface area contributed by atoms with E-state index in [2.05, 4.69) is 21.8 Å². The molecule has 0 spiro atoms. The number of hydrogen-bond donors (Lipinski definition) is 2. The Bertz CT molecular complexity index is 330. The van der Waals surface area contributed by atoms with Crippen LogP contribution in [0.5, 0.6) is 0 Å². The summed E-state index contributed by atoms with van der Waals surface area (Å²) in [5.74, 6) is 1.05. The molecule has 0 aromatic carbocycles. The molecule has 84 valence electrons. The molecule has 4 heteroatoms. The summed E-state index contributed by atoms with van der Waals surface area (Å²) in [5.41, 5.74) is 8.25. The van der Waals surface area contributed by atoms with Crippen LogP contribution < -0.4 is 11.1 Å².